The van der Waals surface area contributed by atoms with Crippen LogP contribution in [0.25, 0.3) is 0 Å². The molecule has 25 heavy (non-hydrogen) atoms. The molecule has 0 aliphatic heterocycles. The van der Waals surface area contributed by atoms with E-state index in [9.17, 15) is 18.5 Å². The maximum atomic E-state index is 13.0. The van der Waals surface area contributed by atoms with Gasteiger partial charge in [-0.05, 0) is 42.1 Å². The molecule has 0 aromatic heterocycles. The van der Waals surface area contributed by atoms with Crippen molar-refractivity contribution in [3.63, 3.8) is 0 Å². The molecule has 0 saturated heterocycles. The lowest BCUT2D eigenvalue weighted by molar-refractivity contribution is -0.385. The van der Waals surface area contributed by atoms with E-state index in [0.29, 0.717) is 5.92 Å². The summed E-state index contributed by atoms with van der Waals surface area (Å²) in [5.41, 5.74) is -0.341. The number of hydrogen-bond donors (Lipinski definition) is 1. The van der Waals surface area contributed by atoms with E-state index in [-0.39, 0.29) is 33.2 Å². The van der Waals surface area contributed by atoms with Crippen LogP contribution in [0, 0.1) is 26.9 Å². The largest absolute Gasteiger partial charge is 0.495 e. The molecule has 0 radical (unpaired) electrons. The van der Waals surface area contributed by atoms with E-state index in [1.807, 2.05) is 0 Å². The number of sulfonamides is 1. The van der Waals surface area contributed by atoms with Crippen LogP contribution in [0.4, 0.5) is 5.69 Å². The summed E-state index contributed by atoms with van der Waals surface area (Å²) >= 11 is 0. The van der Waals surface area contributed by atoms with Gasteiger partial charge in [0.15, 0.2) is 0 Å². The molecule has 1 aromatic carbocycles. The minimum absolute atomic E-state index is 0.0625. The van der Waals surface area contributed by atoms with Crippen molar-refractivity contribution in [3.05, 3.63) is 28.3 Å². The summed E-state index contributed by atoms with van der Waals surface area (Å²) in [7, 11) is -2.58. The van der Waals surface area contributed by atoms with Crippen molar-refractivity contribution in [3.8, 4) is 5.75 Å². The molecule has 1 aromatic rings. The molecule has 3 unspecified atom stereocenters. The van der Waals surface area contributed by atoms with E-state index >= 15 is 0 Å². The fourth-order valence-electron chi connectivity index (χ4n) is 4.62. The van der Waals surface area contributed by atoms with Gasteiger partial charge in [0.25, 0.3) is 5.69 Å². The van der Waals surface area contributed by atoms with Crippen molar-refractivity contribution >= 4 is 15.7 Å². The van der Waals surface area contributed by atoms with Crippen LogP contribution in [0.3, 0.4) is 0 Å². The standard InChI is InChI=1S/C17H24N2O5S/c1-16(2)11-7-8-17(16,3)15(9-11)18-25(22,23)14-10-12(19(20)21)5-6-13(14)24-4/h5-6,10-11,15,18H,7-9H2,1-4H3. The number of ether oxygens (including phenoxy) is 1. The van der Waals surface area contributed by atoms with Gasteiger partial charge in [-0.3, -0.25) is 10.1 Å². The SMILES string of the molecule is COc1ccc([N+](=O)[O-])cc1S(=O)(=O)NC1CC2CCC1(C)C2(C)C. The Morgan fingerprint density at radius 3 is 2.48 bits per heavy atom. The molecule has 1 N–H and O–H groups in total. The van der Waals surface area contributed by atoms with Crippen LogP contribution >= 0.6 is 0 Å². The first-order chi connectivity index (χ1) is 11.5. The number of fused-ring (bicyclic) bond motifs is 2. The van der Waals surface area contributed by atoms with Gasteiger partial charge in [0.2, 0.25) is 10.0 Å². The molecule has 138 valence electrons. The van der Waals surface area contributed by atoms with Crippen LogP contribution in [0.15, 0.2) is 23.1 Å². The minimum Gasteiger partial charge on any atom is -0.495 e. The predicted octanol–water partition coefficient (Wildman–Crippen LogP) is 3.10. The molecular formula is C17H24N2O5S. The predicted molar refractivity (Wildman–Crippen MR) is 93.0 cm³/mol. The Labute approximate surface area is 148 Å². The van der Waals surface area contributed by atoms with Crippen molar-refractivity contribution in [2.75, 3.05) is 7.11 Å². The van der Waals surface area contributed by atoms with E-state index in [1.54, 1.807) is 0 Å². The van der Waals surface area contributed by atoms with E-state index < -0.39 is 14.9 Å². The van der Waals surface area contributed by atoms with Crippen LogP contribution in [-0.4, -0.2) is 26.5 Å². The number of nitrogens with one attached hydrogen (secondary N) is 1. The van der Waals surface area contributed by atoms with Gasteiger partial charge in [-0.25, -0.2) is 13.1 Å². The highest BCUT2D eigenvalue weighted by atomic mass is 32.2. The lowest BCUT2D eigenvalue weighted by Gasteiger charge is -2.39. The fourth-order valence-corrected chi connectivity index (χ4v) is 6.17. The Morgan fingerprint density at radius 1 is 1.32 bits per heavy atom. The van der Waals surface area contributed by atoms with E-state index in [2.05, 4.69) is 25.5 Å². The minimum atomic E-state index is -3.93. The summed E-state index contributed by atoms with van der Waals surface area (Å²) in [6, 6.07) is 3.43. The van der Waals surface area contributed by atoms with Gasteiger partial charge in [-0.2, -0.15) is 0 Å². The number of benzene rings is 1. The second-order valence-corrected chi connectivity index (χ2v) is 9.56. The van der Waals surface area contributed by atoms with Crippen LogP contribution in [-0.2, 0) is 10.0 Å². The topological polar surface area (TPSA) is 98.5 Å². The average Bonchev–Trinajstić information content (AvgIpc) is 2.87. The summed E-state index contributed by atoms with van der Waals surface area (Å²) < 4.78 is 33.8. The number of rotatable bonds is 5. The highest BCUT2D eigenvalue weighted by Gasteiger charge is 2.62. The van der Waals surface area contributed by atoms with Crippen LogP contribution in [0.2, 0.25) is 0 Å². The van der Waals surface area contributed by atoms with Crippen molar-refractivity contribution in [1.29, 1.82) is 0 Å². The average molecular weight is 368 g/mol. The Morgan fingerprint density at radius 2 is 2.00 bits per heavy atom. The van der Waals surface area contributed by atoms with Gasteiger partial charge in [-0.15, -0.1) is 0 Å². The number of non-ortho nitro benzene ring substituents is 1. The van der Waals surface area contributed by atoms with Gasteiger partial charge >= 0.3 is 0 Å². The molecule has 0 heterocycles. The van der Waals surface area contributed by atoms with Gasteiger partial charge in [0.05, 0.1) is 12.0 Å². The van der Waals surface area contributed by atoms with Crippen molar-refractivity contribution < 1.29 is 18.1 Å². The normalized spacial score (nSPS) is 30.4. The van der Waals surface area contributed by atoms with Crippen LogP contribution in [0.5, 0.6) is 5.75 Å². The molecule has 2 bridgehead atoms. The maximum Gasteiger partial charge on any atom is 0.271 e. The van der Waals surface area contributed by atoms with E-state index in [4.69, 9.17) is 4.74 Å². The molecule has 0 spiro atoms. The van der Waals surface area contributed by atoms with Crippen molar-refractivity contribution in [2.24, 2.45) is 16.7 Å². The third-order valence-electron chi connectivity index (χ3n) is 6.74. The first-order valence-electron chi connectivity index (χ1n) is 8.38. The molecule has 7 nitrogen and oxygen atoms in total. The second kappa shape index (κ2) is 5.67. The summed E-state index contributed by atoms with van der Waals surface area (Å²) in [5.74, 6) is 0.586. The molecule has 2 aliphatic rings. The monoisotopic (exact) mass is 368 g/mol. The van der Waals surface area contributed by atoms with Gasteiger partial charge in [0, 0.05) is 18.2 Å². The zero-order valence-electron chi connectivity index (χ0n) is 14.9. The Hall–Kier alpha value is -1.67. The molecule has 2 saturated carbocycles. The maximum absolute atomic E-state index is 13.0. The van der Waals surface area contributed by atoms with E-state index in [0.717, 1.165) is 25.3 Å². The summed E-state index contributed by atoms with van der Waals surface area (Å²) in [4.78, 5) is 10.2. The quantitative estimate of drug-likeness (QED) is 0.636. The zero-order valence-corrected chi connectivity index (χ0v) is 15.7. The number of methoxy groups -OCH3 is 1. The summed E-state index contributed by atoms with van der Waals surface area (Å²) in [6.45, 7) is 6.54. The third kappa shape index (κ3) is 2.62. The van der Waals surface area contributed by atoms with Crippen molar-refractivity contribution in [2.45, 2.75) is 51.0 Å². The first kappa shape index (κ1) is 18.1. The molecular weight excluding hydrogens is 344 g/mol. The van der Waals surface area contributed by atoms with E-state index in [1.165, 1.54) is 19.2 Å². The Bertz CT molecular complexity index is 820. The number of hydrogen-bond acceptors (Lipinski definition) is 5. The number of nitrogens with zero attached hydrogens (tertiary/aromatic N) is 1. The molecule has 3 atom stereocenters. The zero-order chi connectivity index (χ0) is 18.6. The van der Waals surface area contributed by atoms with Crippen LogP contribution < -0.4 is 9.46 Å². The van der Waals surface area contributed by atoms with Gasteiger partial charge < -0.3 is 4.74 Å². The van der Waals surface area contributed by atoms with Gasteiger partial charge in [-0.1, -0.05) is 20.8 Å². The summed E-state index contributed by atoms with van der Waals surface area (Å²) in [6.07, 6.45) is 2.88. The molecule has 8 heteroatoms. The van der Waals surface area contributed by atoms with Gasteiger partial charge in [0.1, 0.15) is 10.6 Å². The highest BCUT2D eigenvalue weighted by molar-refractivity contribution is 7.89. The number of nitro groups is 1. The lowest BCUT2D eigenvalue weighted by Crippen LogP contribution is -2.46. The lowest BCUT2D eigenvalue weighted by atomic mass is 9.69. The smallest absolute Gasteiger partial charge is 0.271 e. The summed E-state index contributed by atoms with van der Waals surface area (Å²) in [5, 5.41) is 11.0. The first-order valence-corrected chi connectivity index (χ1v) is 9.86. The number of nitro benzene ring substituents is 1. The fraction of sp³-hybridized carbons (Fsp3) is 0.647. The Balaban J connectivity index is 1.96. The van der Waals surface area contributed by atoms with Crippen molar-refractivity contribution in [1.82, 2.24) is 4.72 Å². The molecule has 0 amide bonds. The molecule has 2 aliphatic carbocycles. The van der Waals surface area contributed by atoms with Crippen LogP contribution in [0.1, 0.15) is 40.0 Å². The highest BCUT2D eigenvalue weighted by Crippen LogP contribution is 2.65. The molecule has 2 fully saturated rings. The third-order valence-corrected chi connectivity index (χ3v) is 8.23. The second-order valence-electron chi connectivity index (χ2n) is 7.88. The Kier molecular flexibility index (Phi) is 4.11. The molecule has 3 rings (SSSR count).